The zero-order valence-corrected chi connectivity index (χ0v) is 12.1. The van der Waals surface area contributed by atoms with Gasteiger partial charge in [0, 0.05) is 23.2 Å². The Morgan fingerprint density at radius 3 is 2.62 bits per heavy atom. The maximum Gasteiger partial charge on any atom is 0.248 e. The summed E-state index contributed by atoms with van der Waals surface area (Å²) in [5, 5.41) is 0.612. The average Bonchev–Trinajstić information content (AvgIpc) is 2.59. The lowest BCUT2D eigenvalue weighted by molar-refractivity contribution is -0.116. The molecule has 0 aliphatic carbocycles. The molecule has 3 rings (SSSR count). The van der Waals surface area contributed by atoms with Crippen LogP contribution in [-0.4, -0.2) is 25.2 Å². The zero-order chi connectivity index (χ0) is 15.0. The summed E-state index contributed by atoms with van der Waals surface area (Å²) >= 11 is 5.89. The number of benzene rings is 2. The molecule has 3 nitrogen and oxygen atoms in total. The number of amides is 1. The van der Waals surface area contributed by atoms with Crippen molar-refractivity contribution in [2.24, 2.45) is 4.99 Å². The first-order chi connectivity index (χ1) is 10.1. The second kappa shape index (κ2) is 5.30. The minimum atomic E-state index is -0.363. The van der Waals surface area contributed by atoms with Crippen molar-refractivity contribution < 1.29 is 9.18 Å². The van der Waals surface area contributed by atoms with Crippen LogP contribution >= 0.6 is 11.6 Å². The van der Waals surface area contributed by atoms with E-state index >= 15 is 0 Å². The molecule has 0 N–H and O–H groups in total. The second-order valence-electron chi connectivity index (χ2n) is 4.79. The summed E-state index contributed by atoms with van der Waals surface area (Å²) in [7, 11) is 1.67. The molecule has 0 bridgehead atoms. The first-order valence-corrected chi connectivity index (χ1v) is 6.81. The summed E-state index contributed by atoms with van der Waals surface area (Å²) in [5.41, 5.74) is 2.64. The first kappa shape index (κ1) is 13.8. The van der Waals surface area contributed by atoms with Gasteiger partial charge in [-0.15, -0.1) is 0 Å². The minimum absolute atomic E-state index is 0.0325. The van der Waals surface area contributed by atoms with Gasteiger partial charge in [0.1, 0.15) is 12.4 Å². The van der Waals surface area contributed by atoms with Crippen LogP contribution in [-0.2, 0) is 4.79 Å². The Kier molecular flexibility index (Phi) is 3.47. The molecule has 0 atom stereocenters. The lowest BCUT2D eigenvalue weighted by atomic mass is 10.00. The summed E-state index contributed by atoms with van der Waals surface area (Å²) in [6.45, 7) is 0.0325. The highest BCUT2D eigenvalue weighted by Gasteiger charge is 2.22. The number of nitrogens with zero attached hydrogens (tertiary/aromatic N) is 2. The first-order valence-electron chi connectivity index (χ1n) is 6.43. The van der Waals surface area contributed by atoms with Crippen LogP contribution in [0.4, 0.5) is 10.1 Å². The standard InChI is InChI=1S/C16H12ClFN2O/c1-20-14-7-6-12(18)8-13(14)16(19-9-15(20)21)10-2-4-11(17)5-3-10/h2-8H,9H2,1H3. The van der Waals surface area contributed by atoms with Crippen molar-refractivity contribution in [2.45, 2.75) is 0 Å². The molecule has 1 aliphatic rings. The molecule has 0 aromatic heterocycles. The number of rotatable bonds is 1. The molecule has 1 amide bonds. The molecular formula is C16H12ClFN2O. The molecular weight excluding hydrogens is 291 g/mol. The van der Waals surface area contributed by atoms with Crippen LogP contribution in [0.2, 0.25) is 5.02 Å². The molecule has 0 fully saturated rings. The molecule has 2 aromatic carbocycles. The van der Waals surface area contributed by atoms with Gasteiger partial charge in [-0.1, -0.05) is 23.7 Å². The van der Waals surface area contributed by atoms with E-state index in [2.05, 4.69) is 4.99 Å². The normalized spacial score (nSPS) is 14.5. The van der Waals surface area contributed by atoms with E-state index in [9.17, 15) is 9.18 Å². The Morgan fingerprint density at radius 2 is 1.90 bits per heavy atom. The van der Waals surface area contributed by atoms with Gasteiger partial charge in [-0.3, -0.25) is 9.79 Å². The van der Waals surface area contributed by atoms with E-state index in [0.29, 0.717) is 22.0 Å². The Morgan fingerprint density at radius 1 is 1.19 bits per heavy atom. The summed E-state index contributed by atoms with van der Waals surface area (Å²) in [6.07, 6.45) is 0. The number of benzodiazepines with no additional fused rings is 1. The Labute approximate surface area is 126 Å². The predicted octanol–water partition coefficient (Wildman–Crippen LogP) is 3.29. The van der Waals surface area contributed by atoms with Crippen molar-refractivity contribution in [1.82, 2.24) is 0 Å². The van der Waals surface area contributed by atoms with Gasteiger partial charge in [0.15, 0.2) is 0 Å². The van der Waals surface area contributed by atoms with Crippen molar-refractivity contribution in [2.75, 3.05) is 18.5 Å². The van der Waals surface area contributed by atoms with E-state index in [-0.39, 0.29) is 18.3 Å². The van der Waals surface area contributed by atoms with Gasteiger partial charge in [-0.2, -0.15) is 0 Å². The fourth-order valence-electron chi connectivity index (χ4n) is 2.32. The molecule has 5 heteroatoms. The third-order valence-electron chi connectivity index (χ3n) is 3.44. The van der Waals surface area contributed by atoms with E-state index in [0.717, 1.165) is 5.56 Å². The van der Waals surface area contributed by atoms with Crippen molar-refractivity contribution >= 4 is 28.9 Å². The highest BCUT2D eigenvalue weighted by molar-refractivity contribution is 6.30. The highest BCUT2D eigenvalue weighted by atomic mass is 35.5. The topological polar surface area (TPSA) is 32.7 Å². The van der Waals surface area contributed by atoms with E-state index < -0.39 is 0 Å². The van der Waals surface area contributed by atoms with Crippen LogP contribution < -0.4 is 4.90 Å². The number of hydrogen-bond donors (Lipinski definition) is 0. The van der Waals surface area contributed by atoms with E-state index in [1.54, 1.807) is 25.2 Å². The lowest BCUT2D eigenvalue weighted by Crippen LogP contribution is -2.27. The molecule has 1 aliphatic heterocycles. The second-order valence-corrected chi connectivity index (χ2v) is 5.22. The van der Waals surface area contributed by atoms with Crippen LogP contribution in [0.3, 0.4) is 0 Å². The number of anilines is 1. The van der Waals surface area contributed by atoms with Gasteiger partial charge in [-0.05, 0) is 30.3 Å². The number of carbonyl (C=O) groups is 1. The smallest absolute Gasteiger partial charge is 0.248 e. The van der Waals surface area contributed by atoms with E-state index in [1.165, 1.54) is 17.0 Å². The van der Waals surface area contributed by atoms with Gasteiger partial charge >= 0.3 is 0 Å². The maximum atomic E-state index is 13.6. The van der Waals surface area contributed by atoms with Crippen molar-refractivity contribution in [3.8, 4) is 0 Å². The zero-order valence-electron chi connectivity index (χ0n) is 11.3. The summed E-state index contributed by atoms with van der Waals surface area (Å²) < 4.78 is 13.6. The van der Waals surface area contributed by atoms with Gasteiger partial charge in [0.2, 0.25) is 5.91 Å². The van der Waals surface area contributed by atoms with Crippen LogP contribution in [0.5, 0.6) is 0 Å². The quantitative estimate of drug-likeness (QED) is 0.795. The summed E-state index contributed by atoms with van der Waals surface area (Å²) in [5.74, 6) is -0.495. The lowest BCUT2D eigenvalue weighted by Gasteiger charge is -2.17. The molecule has 0 saturated heterocycles. The van der Waals surface area contributed by atoms with Gasteiger partial charge in [0.05, 0.1) is 11.4 Å². The SMILES string of the molecule is CN1C(=O)CN=C(c2ccc(Cl)cc2)c2cc(F)ccc21. The Hall–Kier alpha value is -2.20. The molecule has 2 aromatic rings. The van der Waals surface area contributed by atoms with Crippen molar-refractivity contribution in [3.63, 3.8) is 0 Å². The van der Waals surface area contributed by atoms with E-state index in [1.807, 2.05) is 12.1 Å². The number of carbonyl (C=O) groups excluding carboxylic acids is 1. The molecule has 0 saturated carbocycles. The molecule has 0 spiro atoms. The summed E-state index contributed by atoms with van der Waals surface area (Å²) in [6, 6.07) is 11.4. The number of aliphatic imine (C=N–C) groups is 1. The van der Waals surface area contributed by atoms with Gasteiger partial charge < -0.3 is 4.90 Å². The maximum absolute atomic E-state index is 13.6. The van der Waals surface area contributed by atoms with Gasteiger partial charge in [0.25, 0.3) is 0 Å². The number of likely N-dealkylation sites (N-methyl/N-ethyl adjacent to an activating group) is 1. The molecule has 0 radical (unpaired) electrons. The van der Waals surface area contributed by atoms with Crippen molar-refractivity contribution in [3.05, 3.63) is 64.4 Å². The fourth-order valence-corrected chi connectivity index (χ4v) is 2.44. The Balaban J connectivity index is 2.20. The monoisotopic (exact) mass is 302 g/mol. The van der Waals surface area contributed by atoms with Gasteiger partial charge in [-0.25, -0.2) is 4.39 Å². The highest BCUT2D eigenvalue weighted by Crippen LogP contribution is 2.27. The van der Waals surface area contributed by atoms with Crippen LogP contribution in [0, 0.1) is 5.82 Å². The Bertz CT molecular complexity index is 740. The van der Waals surface area contributed by atoms with Crippen molar-refractivity contribution in [1.29, 1.82) is 0 Å². The average molecular weight is 303 g/mol. The molecule has 0 unspecified atom stereocenters. The van der Waals surface area contributed by atoms with Crippen LogP contribution in [0.15, 0.2) is 47.5 Å². The predicted molar refractivity (Wildman–Crippen MR) is 81.8 cm³/mol. The largest absolute Gasteiger partial charge is 0.313 e. The number of fused-ring (bicyclic) bond motifs is 1. The molecule has 106 valence electrons. The third kappa shape index (κ3) is 2.54. The third-order valence-corrected chi connectivity index (χ3v) is 3.69. The number of hydrogen-bond acceptors (Lipinski definition) is 2. The van der Waals surface area contributed by atoms with E-state index in [4.69, 9.17) is 11.6 Å². The summed E-state index contributed by atoms with van der Waals surface area (Å²) in [4.78, 5) is 17.9. The number of halogens is 2. The molecule has 1 heterocycles. The molecule has 21 heavy (non-hydrogen) atoms. The van der Waals surface area contributed by atoms with Crippen LogP contribution in [0.1, 0.15) is 11.1 Å². The van der Waals surface area contributed by atoms with Crippen LogP contribution in [0.25, 0.3) is 0 Å². The fraction of sp³-hybridized carbons (Fsp3) is 0.125. The minimum Gasteiger partial charge on any atom is -0.313 e.